The summed E-state index contributed by atoms with van der Waals surface area (Å²) in [6.07, 6.45) is 0. The van der Waals surface area contributed by atoms with Gasteiger partial charge in [-0.1, -0.05) is 6.07 Å². The highest BCUT2D eigenvalue weighted by atomic mass is 127. The van der Waals surface area contributed by atoms with Crippen LogP contribution in [0.25, 0.3) is 0 Å². The number of rotatable bonds is 1. The molecule has 4 heteroatoms. The Morgan fingerprint density at radius 1 is 1.43 bits per heavy atom. The molecule has 0 unspecified atom stereocenters. The Labute approximate surface area is 97.8 Å². The molecule has 1 rings (SSSR count). The van der Waals surface area contributed by atoms with Crippen LogP contribution in [0.5, 0.6) is 0 Å². The number of carbonyl (C=O) groups excluding carboxylic acids is 1. The minimum atomic E-state index is -0.0273. The van der Waals surface area contributed by atoms with Crippen molar-refractivity contribution in [2.75, 3.05) is 8.85 Å². The molecule has 0 aromatic heterocycles. The molecule has 0 aliphatic heterocycles. The van der Waals surface area contributed by atoms with Crippen molar-refractivity contribution in [1.82, 2.24) is 0 Å². The highest BCUT2D eigenvalue weighted by Gasteiger charge is 2.12. The smallest absolute Gasteiger partial charge is 0.232 e. The first-order valence-electron chi connectivity index (χ1n) is 4.27. The summed E-state index contributed by atoms with van der Waals surface area (Å²) < 4.78 is 1.53. The number of hydrogen-bond acceptors (Lipinski definition) is 2. The summed E-state index contributed by atoms with van der Waals surface area (Å²) in [5.41, 5.74) is 9.54. The Balaban J connectivity index is 3.24. The molecular weight excluding hydrogens is 291 g/mol. The molecule has 0 radical (unpaired) electrons. The van der Waals surface area contributed by atoms with E-state index in [9.17, 15) is 4.79 Å². The van der Waals surface area contributed by atoms with E-state index in [1.54, 1.807) is 0 Å². The predicted molar refractivity (Wildman–Crippen MR) is 67.5 cm³/mol. The van der Waals surface area contributed by atoms with Crippen molar-refractivity contribution in [2.45, 2.75) is 20.8 Å². The van der Waals surface area contributed by atoms with E-state index in [2.05, 4.69) is 0 Å². The molecule has 2 N–H and O–H groups in total. The third kappa shape index (κ3) is 2.00. The molecule has 3 nitrogen and oxygen atoms in total. The molecule has 14 heavy (non-hydrogen) atoms. The Morgan fingerprint density at radius 2 is 2.00 bits per heavy atom. The second-order valence-electron chi connectivity index (χ2n) is 3.24. The molecule has 76 valence electrons. The first-order chi connectivity index (χ1) is 6.45. The van der Waals surface area contributed by atoms with Gasteiger partial charge in [0.25, 0.3) is 0 Å². The van der Waals surface area contributed by atoms with Gasteiger partial charge in [0, 0.05) is 6.92 Å². The van der Waals surface area contributed by atoms with Gasteiger partial charge in [-0.25, -0.2) is 0 Å². The Bertz CT molecular complexity index is 377. The normalized spacial score (nSPS) is 10.0. The number of nitrogens with zero attached hydrogens (tertiary/aromatic N) is 1. The Kier molecular flexibility index (Phi) is 3.36. The van der Waals surface area contributed by atoms with Gasteiger partial charge in [0.2, 0.25) is 5.91 Å². The third-order valence-corrected chi connectivity index (χ3v) is 3.45. The van der Waals surface area contributed by atoms with Gasteiger partial charge >= 0.3 is 0 Å². The second-order valence-corrected chi connectivity index (χ2v) is 4.20. The third-order valence-electron chi connectivity index (χ3n) is 2.25. The van der Waals surface area contributed by atoms with Crippen LogP contribution in [0.15, 0.2) is 12.1 Å². The summed E-state index contributed by atoms with van der Waals surface area (Å²) in [7, 11) is 0. The minimum absolute atomic E-state index is 0.0273. The van der Waals surface area contributed by atoms with Crippen molar-refractivity contribution < 1.29 is 4.79 Å². The van der Waals surface area contributed by atoms with Gasteiger partial charge in [-0.05, 0) is 31.0 Å². The Morgan fingerprint density at radius 3 is 2.50 bits per heavy atom. The summed E-state index contributed by atoms with van der Waals surface area (Å²) in [6.45, 7) is 5.47. The number of nitrogens with two attached hydrogens (primary N) is 1. The van der Waals surface area contributed by atoms with Gasteiger partial charge in [-0.15, -0.1) is 0 Å². The number of amides is 1. The van der Waals surface area contributed by atoms with E-state index >= 15 is 0 Å². The first-order valence-corrected chi connectivity index (χ1v) is 5.23. The standard InChI is InChI=1S/C10H13IN2O/c1-6-4-5-9(10(12)7(6)2)13(11)8(3)14/h4-5H,12H2,1-3H3. The molecule has 1 aromatic carbocycles. The van der Waals surface area contributed by atoms with Crippen molar-refractivity contribution in [3.05, 3.63) is 23.3 Å². The topological polar surface area (TPSA) is 46.3 Å². The summed E-state index contributed by atoms with van der Waals surface area (Å²) in [4.78, 5) is 11.2. The van der Waals surface area contributed by atoms with Crippen molar-refractivity contribution in [2.24, 2.45) is 0 Å². The van der Waals surface area contributed by atoms with E-state index in [1.807, 2.05) is 48.8 Å². The van der Waals surface area contributed by atoms with E-state index in [1.165, 1.54) is 10.0 Å². The van der Waals surface area contributed by atoms with Gasteiger partial charge in [0.1, 0.15) is 0 Å². The summed E-state index contributed by atoms with van der Waals surface area (Å²) in [5, 5.41) is 0. The lowest BCUT2D eigenvalue weighted by Crippen LogP contribution is -2.17. The zero-order chi connectivity index (χ0) is 10.9. The van der Waals surface area contributed by atoms with Crippen molar-refractivity contribution in [3.8, 4) is 0 Å². The quantitative estimate of drug-likeness (QED) is 0.492. The molecule has 0 aliphatic carbocycles. The summed E-state index contributed by atoms with van der Waals surface area (Å²) in [5.74, 6) is -0.0273. The maximum absolute atomic E-state index is 11.2. The van der Waals surface area contributed by atoms with E-state index < -0.39 is 0 Å². The lowest BCUT2D eigenvalue weighted by Gasteiger charge is -2.17. The molecule has 0 saturated heterocycles. The van der Waals surface area contributed by atoms with Crippen molar-refractivity contribution >= 4 is 40.1 Å². The summed E-state index contributed by atoms with van der Waals surface area (Å²) >= 11 is 1.96. The van der Waals surface area contributed by atoms with Crippen LogP contribution in [0.4, 0.5) is 11.4 Å². The Hall–Kier alpha value is -0.780. The number of anilines is 2. The highest BCUT2D eigenvalue weighted by Crippen LogP contribution is 2.30. The van der Waals surface area contributed by atoms with Crippen LogP contribution in [0.3, 0.4) is 0 Å². The molecule has 0 heterocycles. The molecular formula is C10H13IN2O. The lowest BCUT2D eigenvalue weighted by molar-refractivity contribution is -0.115. The van der Waals surface area contributed by atoms with Crippen LogP contribution < -0.4 is 8.85 Å². The fourth-order valence-electron chi connectivity index (χ4n) is 1.16. The van der Waals surface area contributed by atoms with Crippen molar-refractivity contribution in [1.29, 1.82) is 0 Å². The minimum Gasteiger partial charge on any atom is -0.397 e. The zero-order valence-electron chi connectivity index (χ0n) is 8.47. The average molecular weight is 304 g/mol. The zero-order valence-corrected chi connectivity index (χ0v) is 10.6. The molecule has 0 atom stereocenters. The number of nitrogen functional groups attached to an aromatic ring is 1. The van der Waals surface area contributed by atoms with E-state index in [0.717, 1.165) is 16.8 Å². The number of halogens is 1. The van der Waals surface area contributed by atoms with Crippen LogP contribution in [0.1, 0.15) is 18.1 Å². The largest absolute Gasteiger partial charge is 0.397 e. The maximum Gasteiger partial charge on any atom is 0.232 e. The van der Waals surface area contributed by atoms with Crippen LogP contribution in [0.2, 0.25) is 0 Å². The molecule has 1 aromatic rings. The van der Waals surface area contributed by atoms with Crippen LogP contribution in [-0.4, -0.2) is 5.91 Å². The molecule has 0 aliphatic rings. The predicted octanol–water partition coefficient (Wildman–Crippen LogP) is 2.59. The fourth-order valence-corrected chi connectivity index (χ4v) is 1.58. The van der Waals surface area contributed by atoms with Crippen LogP contribution in [0, 0.1) is 13.8 Å². The SMILES string of the molecule is CC(=O)N(I)c1ccc(C)c(C)c1N. The molecule has 0 spiro atoms. The maximum atomic E-state index is 11.2. The molecule has 0 fully saturated rings. The van der Waals surface area contributed by atoms with Gasteiger partial charge in [0.05, 0.1) is 34.2 Å². The van der Waals surface area contributed by atoms with E-state index in [0.29, 0.717) is 5.69 Å². The molecule has 0 saturated carbocycles. The van der Waals surface area contributed by atoms with Gasteiger partial charge in [-0.2, -0.15) is 0 Å². The monoisotopic (exact) mass is 304 g/mol. The number of benzene rings is 1. The van der Waals surface area contributed by atoms with Crippen molar-refractivity contribution in [3.63, 3.8) is 0 Å². The van der Waals surface area contributed by atoms with E-state index in [-0.39, 0.29) is 5.91 Å². The molecule has 0 bridgehead atoms. The number of carbonyl (C=O) groups is 1. The van der Waals surface area contributed by atoms with Gasteiger partial charge < -0.3 is 5.73 Å². The van der Waals surface area contributed by atoms with Gasteiger partial charge in [0.15, 0.2) is 0 Å². The summed E-state index contributed by atoms with van der Waals surface area (Å²) in [6, 6.07) is 3.83. The van der Waals surface area contributed by atoms with Crippen LogP contribution >= 0.6 is 22.9 Å². The fraction of sp³-hybridized carbons (Fsp3) is 0.300. The van der Waals surface area contributed by atoms with Crippen LogP contribution in [-0.2, 0) is 4.79 Å². The van der Waals surface area contributed by atoms with E-state index in [4.69, 9.17) is 5.73 Å². The lowest BCUT2D eigenvalue weighted by atomic mass is 10.1. The first kappa shape index (κ1) is 11.3. The average Bonchev–Trinajstić information content (AvgIpc) is 2.13. The highest BCUT2D eigenvalue weighted by molar-refractivity contribution is 14.1. The molecule has 1 amide bonds. The number of hydrogen-bond donors (Lipinski definition) is 1. The second kappa shape index (κ2) is 4.16. The number of aryl methyl sites for hydroxylation is 1. The van der Waals surface area contributed by atoms with Gasteiger partial charge in [-0.3, -0.25) is 7.91 Å².